The van der Waals surface area contributed by atoms with E-state index in [2.05, 4.69) is 38.1 Å². The summed E-state index contributed by atoms with van der Waals surface area (Å²) in [7, 11) is 0. The molecule has 7 heteroatoms. The average Bonchev–Trinajstić information content (AvgIpc) is 3.77. The van der Waals surface area contributed by atoms with E-state index in [1.807, 2.05) is 25.1 Å². The summed E-state index contributed by atoms with van der Waals surface area (Å²) in [5.74, 6) is -0.555. The SMILES string of the molecule is CC(=O)OC1CC2(C)C=CC(O)(CCC(C)CCCc3ccccc3)C3(C(O)CCC(C)(C4CCC5(CCCC5)CC4)C13)C2(O)CCC1=CC(=O)OC1. The van der Waals surface area contributed by atoms with E-state index < -0.39 is 40.2 Å². The molecule has 9 atom stereocenters. The van der Waals surface area contributed by atoms with Crippen LogP contribution in [0, 0.1) is 39.4 Å². The predicted molar refractivity (Wildman–Crippen MR) is 206 cm³/mol. The predicted octanol–water partition coefficient (Wildman–Crippen LogP) is 8.58. The number of benzene rings is 1. The van der Waals surface area contributed by atoms with Gasteiger partial charge in [0.25, 0.3) is 0 Å². The first-order valence-corrected chi connectivity index (χ1v) is 21.1. The number of fused-ring (bicyclic) bond motifs is 1. The van der Waals surface area contributed by atoms with Crippen LogP contribution in [-0.4, -0.2) is 57.3 Å². The Morgan fingerprint density at radius 3 is 2.32 bits per heavy atom. The minimum absolute atomic E-state index is 0.197. The second-order valence-corrected chi connectivity index (χ2v) is 19.2. The second kappa shape index (κ2) is 14.5. The summed E-state index contributed by atoms with van der Waals surface area (Å²) >= 11 is 0. The molecule has 0 radical (unpaired) electrons. The first-order chi connectivity index (χ1) is 25.2. The van der Waals surface area contributed by atoms with Gasteiger partial charge in [0.1, 0.15) is 12.7 Å². The van der Waals surface area contributed by atoms with Crippen LogP contribution in [0.3, 0.4) is 0 Å². The lowest BCUT2D eigenvalue weighted by molar-refractivity contribution is -0.362. The van der Waals surface area contributed by atoms with Gasteiger partial charge in [0.15, 0.2) is 0 Å². The van der Waals surface area contributed by atoms with E-state index in [4.69, 9.17) is 9.47 Å². The van der Waals surface area contributed by atoms with Crippen LogP contribution in [0.15, 0.2) is 54.1 Å². The Morgan fingerprint density at radius 2 is 1.66 bits per heavy atom. The van der Waals surface area contributed by atoms with Crippen molar-refractivity contribution in [1.29, 1.82) is 0 Å². The van der Waals surface area contributed by atoms with Gasteiger partial charge in [-0.15, -0.1) is 0 Å². The molecule has 4 fully saturated rings. The fraction of sp³-hybridized carbons (Fsp3) is 0.739. The molecule has 292 valence electrons. The van der Waals surface area contributed by atoms with Gasteiger partial charge in [-0.25, -0.2) is 4.79 Å². The zero-order valence-electron chi connectivity index (χ0n) is 32.9. The highest BCUT2D eigenvalue weighted by Crippen LogP contribution is 2.76. The maximum atomic E-state index is 13.8. The highest BCUT2D eigenvalue weighted by atomic mass is 16.5. The van der Waals surface area contributed by atoms with Crippen LogP contribution in [0.4, 0.5) is 0 Å². The smallest absolute Gasteiger partial charge is 0.331 e. The quantitative estimate of drug-likeness (QED) is 0.146. The molecule has 6 aliphatic rings. The monoisotopic (exact) mass is 730 g/mol. The fourth-order valence-corrected chi connectivity index (χ4v) is 13.5. The third-order valence-corrected chi connectivity index (χ3v) is 16.3. The molecular formula is C46H66O7. The third kappa shape index (κ3) is 6.56. The molecular weight excluding hydrogens is 664 g/mol. The number of ether oxygens (including phenoxy) is 2. The summed E-state index contributed by atoms with van der Waals surface area (Å²) in [5.41, 5.74) is -3.23. The average molecular weight is 731 g/mol. The summed E-state index contributed by atoms with van der Waals surface area (Å²) in [6, 6.07) is 10.6. The van der Waals surface area contributed by atoms with Crippen molar-refractivity contribution in [1.82, 2.24) is 0 Å². The van der Waals surface area contributed by atoms with Crippen molar-refractivity contribution in [2.45, 2.75) is 167 Å². The van der Waals surface area contributed by atoms with Crippen LogP contribution >= 0.6 is 0 Å². The van der Waals surface area contributed by atoms with Gasteiger partial charge < -0.3 is 24.8 Å². The van der Waals surface area contributed by atoms with Gasteiger partial charge in [-0.2, -0.15) is 0 Å². The van der Waals surface area contributed by atoms with Crippen LogP contribution in [-0.2, 0) is 25.5 Å². The lowest BCUT2D eigenvalue weighted by Gasteiger charge is -2.76. The number of aliphatic hydroxyl groups excluding tert-OH is 1. The minimum Gasteiger partial charge on any atom is -0.462 e. The largest absolute Gasteiger partial charge is 0.462 e. The molecule has 1 aromatic carbocycles. The van der Waals surface area contributed by atoms with Gasteiger partial charge in [0.2, 0.25) is 0 Å². The van der Waals surface area contributed by atoms with Crippen molar-refractivity contribution in [3.63, 3.8) is 0 Å². The second-order valence-electron chi connectivity index (χ2n) is 19.2. The topological polar surface area (TPSA) is 113 Å². The number of esters is 2. The lowest BCUT2D eigenvalue weighted by Crippen LogP contribution is -2.83. The summed E-state index contributed by atoms with van der Waals surface area (Å²) in [4.78, 5) is 25.2. The number of hydrogen-bond donors (Lipinski definition) is 3. The Labute approximate surface area is 318 Å². The molecule has 0 aromatic heterocycles. The van der Waals surface area contributed by atoms with E-state index in [0.717, 1.165) is 50.5 Å². The van der Waals surface area contributed by atoms with Crippen molar-refractivity contribution in [3.8, 4) is 0 Å². The van der Waals surface area contributed by atoms with Crippen molar-refractivity contribution in [3.05, 3.63) is 59.7 Å². The van der Waals surface area contributed by atoms with Crippen molar-refractivity contribution in [2.75, 3.05) is 6.61 Å². The Kier molecular flexibility index (Phi) is 10.6. The van der Waals surface area contributed by atoms with Gasteiger partial charge in [0, 0.05) is 24.3 Å². The number of cyclic esters (lactones) is 1. The number of aryl methyl sites for hydroxylation is 1. The first-order valence-electron chi connectivity index (χ1n) is 21.1. The normalized spacial score (nSPS) is 39.7. The maximum Gasteiger partial charge on any atom is 0.331 e. The van der Waals surface area contributed by atoms with Crippen LogP contribution in [0.25, 0.3) is 0 Å². The van der Waals surface area contributed by atoms with Crippen molar-refractivity contribution in [2.24, 2.45) is 39.4 Å². The van der Waals surface area contributed by atoms with E-state index in [0.29, 0.717) is 42.9 Å². The molecule has 1 aromatic rings. The number of aliphatic hydroxyl groups is 3. The zero-order valence-corrected chi connectivity index (χ0v) is 32.9. The number of carbonyl (C=O) groups excluding carboxylic acids is 2. The summed E-state index contributed by atoms with van der Waals surface area (Å²) in [6.07, 6.45) is 20.2. The zero-order chi connectivity index (χ0) is 37.7. The molecule has 2 spiro atoms. The minimum atomic E-state index is -1.56. The Morgan fingerprint density at radius 1 is 0.943 bits per heavy atom. The summed E-state index contributed by atoms with van der Waals surface area (Å²) in [5, 5.41) is 40.3. The van der Waals surface area contributed by atoms with E-state index in [9.17, 15) is 24.9 Å². The van der Waals surface area contributed by atoms with E-state index >= 15 is 0 Å². The van der Waals surface area contributed by atoms with Gasteiger partial charge in [-0.05, 0) is 130 Å². The molecule has 53 heavy (non-hydrogen) atoms. The van der Waals surface area contributed by atoms with E-state index in [1.54, 1.807) is 0 Å². The Hall–Kier alpha value is -2.48. The number of carbonyl (C=O) groups is 2. The van der Waals surface area contributed by atoms with E-state index in [1.165, 1.54) is 57.1 Å². The molecule has 0 amide bonds. The number of rotatable bonds is 12. The molecule has 4 saturated carbocycles. The fourth-order valence-electron chi connectivity index (χ4n) is 13.5. The van der Waals surface area contributed by atoms with Crippen LogP contribution in [0.5, 0.6) is 0 Å². The van der Waals surface area contributed by atoms with Gasteiger partial charge in [0.05, 0.1) is 22.7 Å². The Bertz CT molecular complexity index is 1550. The Balaban J connectivity index is 1.28. The van der Waals surface area contributed by atoms with Gasteiger partial charge >= 0.3 is 11.9 Å². The molecule has 9 unspecified atom stereocenters. The maximum absolute atomic E-state index is 13.8. The molecule has 1 aliphatic heterocycles. The highest BCUT2D eigenvalue weighted by Gasteiger charge is 2.81. The van der Waals surface area contributed by atoms with Gasteiger partial charge in [-0.3, -0.25) is 4.79 Å². The standard InChI is InChI=1S/C46H66O7/c1-32(11-10-14-34-12-6-5-7-13-34)15-25-44(50)28-27-41(3)30-37(53-33(2)47)40-42(4,36-17-23-43(24-18-36)20-8-9-21-43)22-19-38(48)46(40,44)45(41,51)26-16-35-29-39(49)52-31-35/h5-7,12-13,27-29,32,36-38,40,48,50-51H,8-11,14-26,30-31H2,1-4H3. The van der Waals surface area contributed by atoms with Gasteiger partial charge in [-0.1, -0.05) is 82.5 Å². The number of hydrogen-bond acceptors (Lipinski definition) is 7. The summed E-state index contributed by atoms with van der Waals surface area (Å²) in [6.45, 7) is 8.29. The van der Waals surface area contributed by atoms with E-state index in [-0.39, 0.29) is 30.4 Å². The molecule has 7 nitrogen and oxygen atoms in total. The van der Waals surface area contributed by atoms with Crippen LogP contribution in [0.1, 0.15) is 142 Å². The third-order valence-electron chi connectivity index (χ3n) is 16.3. The molecule has 0 saturated heterocycles. The summed E-state index contributed by atoms with van der Waals surface area (Å²) < 4.78 is 11.7. The molecule has 1 heterocycles. The van der Waals surface area contributed by atoms with Crippen LogP contribution in [0.2, 0.25) is 0 Å². The van der Waals surface area contributed by atoms with Crippen molar-refractivity contribution >= 4 is 11.9 Å². The molecule has 2 bridgehead atoms. The molecule has 3 N–H and O–H groups in total. The highest BCUT2D eigenvalue weighted by molar-refractivity contribution is 5.85. The lowest BCUT2D eigenvalue weighted by atomic mass is 9.31. The molecule has 5 aliphatic carbocycles. The van der Waals surface area contributed by atoms with Crippen molar-refractivity contribution < 1.29 is 34.4 Å². The first kappa shape index (κ1) is 38.8. The van der Waals surface area contributed by atoms with Crippen LogP contribution < -0.4 is 0 Å². The molecule has 7 rings (SSSR count).